The van der Waals surface area contributed by atoms with E-state index < -0.39 is 0 Å². The molecule has 7 heteroatoms. The number of amides is 1. The predicted octanol–water partition coefficient (Wildman–Crippen LogP) is 2.71. The Labute approximate surface area is 141 Å². The summed E-state index contributed by atoms with van der Waals surface area (Å²) in [6.45, 7) is 3.20. The molecule has 1 aliphatic carbocycles. The fourth-order valence-corrected chi connectivity index (χ4v) is 3.83. The summed E-state index contributed by atoms with van der Waals surface area (Å²) in [5.74, 6) is 1.42. The van der Waals surface area contributed by atoms with Crippen LogP contribution in [0.15, 0.2) is 16.8 Å². The fraction of sp³-hybridized carbons (Fsp3) is 0.647. The molecule has 1 atom stereocenters. The van der Waals surface area contributed by atoms with Gasteiger partial charge >= 0.3 is 0 Å². The highest BCUT2D eigenvalue weighted by atomic mass is 16.5. The van der Waals surface area contributed by atoms with Gasteiger partial charge in [-0.2, -0.15) is 10.1 Å². The van der Waals surface area contributed by atoms with Crippen molar-refractivity contribution in [2.45, 2.75) is 57.4 Å². The van der Waals surface area contributed by atoms with Gasteiger partial charge in [-0.15, -0.1) is 0 Å². The zero-order valence-corrected chi connectivity index (χ0v) is 14.0. The lowest BCUT2D eigenvalue weighted by Crippen LogP contribution is -2.39. The quantitative estimate of drug-likeness (QED) is 0.865. The molecule has 1 amide bonds. The Balaban J connectivity index is 1.45. The number of rotatable bonds is 3. The molecule has 4 rings (SSSR count). The minimum atomic E-state index is 0.00711. The van der Waals surface area contributed by atoms with Gasteiger partial charge in [0.15, 0.2) is 5.82 Å². The molecule has 2 aromatic rings. The Morgan fingerprint density at radius 2 is 2.08 bits per heavy atom. The first-order chi connectivity index (χ1) is 11.7. The fourth-order valence-electron chi connectivity index (χ4n) is 3.83. The van der Waals surface area contributed by atoms with Gasteiger partial charge in [0.1, 0.15) is 5.69 Å². The van der Waals surface area contributed by atoms with Gasteiger partial charge in [-0.25, -0.2) is 0 Å². The lowest BCUT2D eigenvalue weighted by atomic mass is 9.97. The Hall–Kier alpha value is -2.18. The van der Waals surface area contributed by atoms with Crippen LogP contribution in [0.4, 0.5) is 0 Å². The van der Waals surface area contributed by atoms with Gasteiger partial charge in [0.2, 0.25) is 5.89 Å². The molecule has 1 aliphatic heterocycles. The average Bonchev–Trinajstić information content (AvgIpc) is 3.34. The van der Waals surface area contributed by atoms with E-state index in [0.717, 1.165) is 32.2 Å². The maximum atomic E-state index is 12.8. The van der Waals surface area contributed by atoms with Gasteiger partial charge in [0.25, 0.3) is 5.91 Å². The number of nitrogens with zero attached hydrogens (tertiary/aromatic N) is 5. The molecule has 1 saturated carbocycles. The van der Waals surface area contributed by atoms with Gasteiger partial charge in [-0.3, -0.25) is 9.48 Å². The van der Waals surface area contributed by atoms with Crippen molar-refractivity contribution in [2.75, 3.05) is 13.1 Å². The Morgan fingerprint density at radius 3 is 2.83 bits per heavy atom. The molecule has 0 unspecified atom stereocenters. The number of hydrogen-bond donors (Lipinski definition) is 0. The van der Waals surface area contributed by atoms with Crippen molar-refractivity contribution >= 4 is 5.91 Å². The van der Waals surface area contributed by atoms with Crippen molar-refractivity contribution in [3.05, 3.63) is 29.7 Å². The summed E-state index contributed by atoms with van der Waals surface area (Å²) in [4.78, 5) is 19.0. The molecule has 0 radical (unpaired) electrons. The lowest BCUT2D eigenvalue weighted by molar-refractivity contribution is 0.0688. The number of piperidine rings is 1. The van der Waals surface area contributed by atoms with Crippen LogP contribution in [0.3, 0.4) is 0 Å². The van der Waals surface area contributed by atoms with Crippen molar-refractivity contribution < 1.29 is 9.32 Å². The second-order valence-corrected chi connectivity index (χ2v) is 6.89. The Bertz CT molecular complexity index is 716. The molecule has 2 aliphatic rings. The van der Waals surface area contributed by atoms with Gasteiger partial charge in [0, 0.05) is 19.3 Å². The lowest BCUT2D eigenvalue weighted by Gasteiger charge is -2.30. The third-order valence-corrected chi connectivity index (χ3v) is 5.13. The van der Waals surface area contributed by atoms with Gasteiger partial charge < -0.3 is 9.42 Å². The SMILES string of the molecule is Cc1noc([C@H]2CCCN(C(=O)c3ccn(C4CCCC4)n3)C2)n1. The van der Waals surface area contributed by atoms with E-state index in [1.165, 1.54) is 12.8 Å². The first-order valence-corrected chi connectivity index (χ1v) is 8.85. The van der Waals surface area contributed by atoms with Crippen molar-refractivity contribution in [1.29, 1.82) is 0 Å². The topological polar surface area (TPSA) is 77.0 Å². The summed E-state index contributed by atoms with van der Waals surface area (Å²) < 4.78 is 7.27. The van der Waals surface area contributed by atoms with Crippen LogP contribution in [0.1, 0.15) is 72.7 Å². The molecule has 0 N–H and O–H groups in total. The third kappa shape index (κ3) is 2.95. The molecule has 7 nitrogen and oxygen atoms in total. The van der Waals surface area contributed by atoms with E-state index in [1.807, 2.05) is 28.8 Å². The maximum absolute atomic E-state index is 12.8. The van der Waals surface area contributed by atoms with E-state index in [9.17, 15) is 4.79 Å². The number of carbonyl (C=O) groups is 1. The van der Waals surface area contributed by atoms with Crippen molar-refractivity contribution in [3.63, 3.8) is 0 Å². The predicted molar refractivity (Wildman–Crippen MR) is 86.6 cm³/mol. The van der Waals surface area contributed by atoms with Crippen LogP contribution >= 0.6 is 0 Å². The molecule has 0 aromatic carbocycles. The largest absolute Gasteiger partial charge is 0.339 e. The van der Waals surface area contributed by atoms with E-state index in [2.05, 4.69) is 15.2 Å². The van der Waals surface area contributed by atoms with Crippen LogP contribution in [0.5, 0.6) is 0 Å². The molecular formula is C17H23N5O2. The highest BCUT2D eigenvalue weighted by Gasteiger charge is 2.30. The second-order valence-electron chi connectivity index (χ2n) is 6.89. The van der Waals surface area contributed by atoms with E-state index in [-0.39, 0.29) is 11.8 Å². The number of likely N-dealkylation sites (tertiary alicyclic amines) is 1. The number of aryl methyl sites for hydroxylation is 1. The summed E-state index contributed by atoms with van der Waals surface area (Å²) in [7, 11) is 0. The number of hydrogen-bond acceptors (Lipinski definition) is 5. The molecule has 2 aromatic heterocycles. The molecule has 3 heterocycles. The highest BCUT2D eigenvalue weighted by Crippen LogP contribution is 2.29. The zero-order chi connectivity index (χ0) is 16.5. The smallest absolute Gasteiger partial charge is 0.274 e. The molecule has 1 saturated heterocycles. The summed E-state index contributed by atoms with van der Waals surface area (Å²) >= 11 is 0. The maximum Gasteiger partial charge on any atom is 0.274 e. The molecule has 0 spiro atoms. The van der Waals surface area contributed by atoms with Crippen LogP contribution in [0, 0.1) is 6.92 Å². The van der Waals surface area contributed by atoms with Crippen LogP contribution < -0.4 is 0 Å². The van der Waals surface area contributed by atoms with Crippen LogP contribution in [-0.2, 0) is 0 Å². The average molecular weight is 329 g/mol. The Morgan fingerprint density at radius 1 is 1.25 bits per heavy atom. The first kappa shape index (κ1) is 15.4. The monoisotopic (exact) mass is 329 g/mol. The van der Waals surface area contributed by atoms with Gasteiger partial charge in [-0.05, 0) is 38.7 Å². The van der Waals surface area contributed by atoms with E-state index in [0.29, 0.717) is 30.0 Å². The molecular weight excluding hydrogens is 306 g/mol. The summed E-state index contributed by atoms with van der Waals surface area (Å²) in [5, 5.41) is 8.41. The number of aromatic nitrogens is 4. The second kappa shape index (κ2) is 6.37. The summed E-state index contributed by atoms with van der Waals surface area (Å²) in [6, 6.07) is 2.31. The zero-order valence-electron chi connectivity index (χ0n) is 14.0. The number of carbonyl (C=O) groups excluding carboxylic acids is 1. The van der Waals surface area contributed by atoms with Crippen LogP contribution in [0.25, 0.3) is 0 Å². The van der Waals surface area contributed by atoms with Gasteiger partial charge in [0.05, 0.1) is 12.0 Å². The standard InChI is InChI=1S/C17H23N5O2/c1-12-18-16(24-20-12)13-5-4-9-21(11-13)17(23)15-8-10-22(19-15)14-6-2-3-7-14/h8,10,13-14H,2-7,9,11H2,1H3/t13-/m0/s1. The first-order valence-electron chi connectivity index (χ1n) is 8.85. The minimum absolute atomic E-state index is 0.00711. The van der Waals surface area contributed by atoms with Crippen LogP contribution in [0.2, 0.25) is 0 Å². The molecule has 24 heavy (non-hydrogen) atoms. The summed E-state index contributed by atoms with van der Waals surface area (Å²) in [5.41, 5.74) is 0.546. The van der Waals surface area contributed by atoms with Gasteiger partial charge in [-0.1, -0.05) is 18.0 Å². The van der Waals surface area contributed by atoms with Crippen molar-refractivity contribution in [3.8, 4) is 0 Å². The molecule has 128 valence electrons. The molecule has 0 bridgehead atoms. The normalized spacial score (nSPS) is 22.2. The summed E-state index contributed by atoms with van der Waals surface area (Å²) in [6.07, 6.45) is 8.71. The van der Waals surface area contributed by atoms with E-state index in [4.69, 9.17) is 4.52 Å². The Kier molecular flexibility index (Phi) is 4.08. The van der Waals surface area contributed by atoms with Crippen molar-refractivity contribution in [2.24, 2.45) is 0 Å². The highest BCUT2D eigenvalue weighted by molar-refractivity contribution is 5.92. The minimum Gasteiger partial charge on any atom is -0.339 e. The van der Waals surface area contributed by atoms with Crippen LogP contribution in [-0.4, -0.2) is 43.8 Å². The van der Waals surface area contributed by atoms with Crippen molar-refractivity contribution in [1.82, 2.24) is 24.8 Å². The third-order valence-electron chi connectivity index (χ3n) is 5.13. The van der Waals surface area contributed by atoms with E-state index in [1.54, 1.807) is 0 Å². The van der Waals surface area contributed by atoms with E-state index >= 15 is 0 Å². The molecule has 2 fully saturated rings.